The van der Waals surface area contributed by atoms with Crippen LogP contribution in [0.5, 0.6) is 0 Å². The first-order chi connectivity index (χ1) is 15.0. The molecule has 1 aromatic heterocycles. The van der Waals surface area contributed by atoms with Crippen LogP contribution < -0.4 is 0 Å². The van der Waals surface area contributed by atoms with Gasteiger partial charge in [0.25, 0.3) is 0 Å². The average Bonchev–Trinajstić information content (AvgIpc) is 3.18. The highest BCUT2D eigenvalue weighted by Crippen LogP contribution is 2.32. The number of benzene rings is 2. The molecule has 1 aliphatic rings. The van der Waals surface area contributed by atoms with Crippen molar-refractivity contribution >= 4 is 11.8 Å². The van der Waals surface area contributed by atoms with Crippen molar-refractivity contribution < 1.29 is 4.74 Å². The van der Waals surface area contributed by atoms with Gasteiger partial charge in [0, 0.05) is 30.9 Å². The Morgan fingerprint density at radius 3 is 2.35 bits per heavy atom. The van der Waals surface area contributed by atoms with E-state index in [0.717, 1.165) is 55.1 Å². The van der Waals surface area contributed by atoms with E-state index in [4.69, 9.17) is 4.74 Å². The van der Waals surface area contributed by atoms with Crippen LogP contribution in [0.2, 0.25) is 0 Å². The van der Waals surface area contributed by atoms with E-state index in [0.29, 0.717) is 5.92 Å². The molecule has 6 heteroatoms. The van der Waals surface area contributed by atoms with E-state index in [2.05, 4.69) is 90.0 Å². The average molecular weight is 437 g/mol. The van der Waals surface area contributed by atoms with Crippen molar-refractivity contribution in [3.63, 3.8) is 0 Å². The first-order valence-corrected chi connectivity index (χ1v) is 12.2. The van der Waals surface area contributed by atoms with Gasteiger partial charge in [0.1, 0.15) is 0 Å². The molecule has 0 saturated carbocycles. The molecule has 1 saturated heterocycles. The second kappa shape index (κ2) is 9.55. The van der Waals surface area contributed by atoms with Crippen LogP contribution in [-0.4, -0.2) is 52.2 Å². The molecule has 1 fully saturated rings. The maximum absolute atomic E-state index is 5.47. The lowest BCUT2D eigenvalue weighted by Crippen LogP contribution is -2.35. The summed E-state index contributed by atoms with van der Waals surface area (Å²) in [5, 5.41) is 10.0. The molecular weight excluding hydrogens is 404 g/mol. The van der Waals surface area contributed by atoms with Gasteiger partial charge in [-0.05, 0) is 66.5 Å². The summed E-state index contributed by atoms with van der Waals surface area (Å²) in [7, 11) is 0. The van der Waals surface area contributed by atoms with E-state index < -0.39 is 0 Å². The SMILES string of the molecule is CSc1nnc(-c2cc(C(C)C)c(C)cc2C)n1-c1ccc(CN2CCOCC2)cc1. The fourth-order valence-corrected chi connectivity index (χ4v) is 4.81. The van der Waals surface area contributed by atoms with E-state index in [1.54, 1.807) is 11.8 Å². The number of morpholine rings is 1. The molecule has 0 unspecified atom stereocenters. The number of hydrogen-bond donors (Lipinski definition) is 0. The van der Waals surface area contributed by atoms with E-state index >= 15 is 0 Å². The molecule has 164 valence electrons. The Balaban J connectivity index is 1.70. The Kier molecular flexibility index (Phi) is 6.80. The van der Waals surface area contributed by atoms with Crippen molar-refractivity contribution in [2.75, 3.05) is 32.6 Å². The van der Waals surface area contributed by atoms with Crippen molar-refractivity contribution in [1.82, 2.24) is 19.7 Å². The maximum atomic E-state index is 5.47. The summed E-state index contributed by atoms with van der Waals surface area (Å²) in [5.41, 5.74) is 7.49. The number of thioether (sulfide) groups is 1. The Morgan fingerprint density at radius 1 is 1.00 bits per heavy atom. The number of rotatable bonds is 6. The lowest BCUT2D eigenvalue weighted by Gasteiger charge is -2.26. The molecule has 0 aliphatic carbocycles. The molecule has 31 heavy (non-hydrogen) atoms. The van der Waals surface area contributed by atoms with Crippen molar-refractivity contribution in [3.8, 4) is 17.1 Å². The van der Waals surface area contributed by atoms with Crippen LogP contribution in [0.1, 0.15) is 42.0 Å². The predicted molar refractivity (Wildman–Crippen MR) is 128 cm³/mol. The number of hydrogen-bond acceptors (Lipinski definition) is 5. The van der Waals surface area contributed by atoms with E-state index in [9.17, 15) is 0 Å². The van der Waals surface area contributed by atoms with Crippen molar-refractivity contribution in [2.45, 2.75) is 45.3 Å². The van der Waals surface area contributed by atoms with Crippen LogP contribution in [-0.2, 0) is 11.3 Å². The second-order valence-corrected chi connectivity index (χ2v) is 9.35. The Labute approximate surface area is 189 Å². The standard InChI is InChI=1S/C25H32N4OS/c1-17(2)22-15-23(19(4)14-18(22)3)24-26-27-25(31-5)29(24)21-8-6-20(7-9-21)16-28-10-12-30-13-11-28/h6-9,14-15,17H,10-13,16H2,1-5H3. The number of ether oxygens (including phenoxy) is 1. The summed E-state index contributed by atoms with van der Waals surface area (Å²) in [6.07, 6.45) is 2.05. The second-order valence-electron chi connectivity index (χ2n) is 8.58. The van der Waals surface area contributed by atoms with Crippen molar-refractivity contribution in [2.24, 2.45) is 0 Å². The molecule has 1 aliphatic heterocycles. The first kappa shape index (κ1) is 22.1. The first-order valence-electron chi connectivity index (χ1n) is 11.0. The Morgan fingerprint density at radius 2 is 1.71 bits per heavy atom. The third-order valence-electron chi connectivity index (χ3n) is 6.00. The van der Waals surface area contributed by atoms with E-state index in [-0.39, 0.29) is 0 Å². The molecule has 0 radical (unpaired) electrons. The van der Waals surface area contributed by atoms with E-state index in [1.165, 1.54) is 22.3 Å². The van der Waals surface area contributed by atoms with Crippen LogP contribution >= 0.6 is 11.8 Å². The smallest absolute Gasteiger partial charge is 0.195 e. The van der Waals surface area contributed by atoms with Gasteiger partial charge in [0.15, 0.2) is 11.0 Å². The van der Waals surface area contributed by atoms with Gasteiger partial charge in [0.05, 0.1) is 13.2 Å². The Hall–Kier alpha value is -2.15. The topological polar surface area (TPSA) is 43.2 Å². The number of nitrogens with zero attached hydrogens (tertiary/aromatic N) is 4. The molecule has 2 heterocycles. The summed E-state index contributed by atoms with van der Waals surface area (Å²) in [6, 6.07) is 13.4. The van der Waals surface area contributed by atoms with Crippen LogP contribution in [0, 0.1) is 13.8 Å². The van der Waals surface area contributed by atoms with Gasteiger partial charge in [0.2, 0.25) is 0 Å². The van der Waals surface area contributed by atoms with Gasteiger partial charge < -0.3 is 4.74 Å². The zero-order valence-corrected chi connectivity index (χ0v) is 20.0. The molecule has 2 aromatic carbocycles. The highest BCUT2D eigenvalue weighted by molar-refractivity contribution is 7.98. The molecule has 0 atom stereocenters. The lowest BCUT2D eigenvalue weighted by molar-refractivity contribution is 0.0342. The zero-order valence-electron chi connectivity index (χ0n) is 19.2. The minimum absolute atomic E-state index is 0.468. The summed E-state index contributed by atoms with van der Waals surface area (Å²) < 4.78 is 7.65. The fraction of sp³-hybridized carbons (Fsp3) is 0.440. The van der Waals surface area contributed by atoms with Gasteiger partial charge in [-0.15, -0.1) is 10.2 Å². The third-order valence-corrected chi connectivity index (χ3v) is 6.63. The van der Waals surface area contributed by atoms with Crippen LogP contribution in [0.25, 0.3) is 17.1 Å². The third kappa shape index (κ3) is 4.71. The molecule has 3 aromatic rings. The molecule has 5 nitrogen and oxygen atoms in total. The highest BCUT2D eigenvalue weighted by Gasteiger charge is 2.19. The Bertz CT molecular complexity index is 1040. The highest BCUT2D eigenvalue weighted by atomic mass is 32.2. The molecule has 0 N–H and O–H groups in total. The number of aryl methyl sites for hydroxylation is 2. The zero-order chi connectivity index (χ0) is 22.0. The van der Waals surface area contributed by atoms with Gasteiger partial charge in [-0.1, -0.05) is 43.8 Å². The largest absolute Gasteiger partial charge is 0.379 e. The molecule has 0 spiro atoms. The monoisotopic (exact) mass is 436 g/mol. The van der Waals surface area contributed by atoms with Gasteiger partial charge in [-0.2, -0.15) is 0 Å². The fourth-order valence-electron chi connectivity index (χ4n) is 4.31. The molecule has 4 rings (SSSR count). The molecule has 0 bridgehead atoms. The predicted octanol–water partition coefficient (Wildman–Crippen LogP) is 5.23. The van der Waals surface area contributed by atoms with Crippen LogP contribution in [0.3, 0.4) is 0 Å². The number of aromatic nitrogens is 3. The normalized spacial score (nSPS) is 15.0. The molecular formula is C25H32N4OS. The van der Waals surface area contributed by atoms with Crippen LogP contribution in [0.4, 0.5) is 0 Å². The van der Waals surface area contributed by atoms with Crippen molar-refractivity contribution in [1.29, 1.82) is 0 Å². The van der Waals surface area contributed by atoms with Crippen LogP contribution in [0.15, 0.2) is 41.6 Å². The molecule has 0 amide bonds. The minimum atomic E-state index is 0.468. The lowest BCUT2D eigenvalue weighted by atomic mass is 9.93. The summed E-state index contributed by atoms with van der Waals surface area (Å²) in [6.45, 7) is 13.5. The summed E-state index contributed by atoms with van der Waals surface area (Å²) >= 11 is 1.63. The maximum Gasteiger partial charge on any atom is 0.195 e. The summed E-state index contributed by atoms with van der Waals surface area (Å²) in [4.78, 5) is 2.44. The summed E-state index contributed by atoms with van der Waals surface area (Å²) in [5.74, 6) is 1.37. The van der Waals surface area contributed by atoms with Gasteiger partial charge in [-0.25, -0.2) is 0 Å². The van der Waals surface area contributed by atoms with Gasteiger partial charge in [-0.3, -0.25) is 9.47 Å². The van der Waals surface area contributed by atoms with Gasteiger partial charge >= 0.3 is 0 Å². The minimum Gasteiger partial charge on any atom is -0.379 e. The van der Waals surface area contributed by atoms with E-state index in [1.807, 2.05) is 0 Å². The van der Waals surface area contributed by atoms with Crippen molar-refractivity contribution in [3.05, 3.63) is 58.7 Å². The quantitative estimate of drug-likeness (QED) is 0.495.